The Morgan fingerprint density at radius 1 is 1.19 bits per heavy atom. The first-order valence-corrected chi connectivity index (χ1v) is 9.64. The first-order chi connectivity index (χ1) is 13.2. The molecule has 7 heteroatoms. The van der Waals surface area contributed by atoms with Crippen LogP contribution in [0.25, 0.3) is 5.65 Å². The van der Waals surface area contributed by atoms with Crippen LogP contribution in [-0.4, -0.2) is 45.0 Å². The van der Waals surface area contributed by atoms with E-state index in [0.29, 0.717) is 17.4 Å². The van der Waals surface area contributed by atoms with Crippen LogP contribution < -0.4 is 5.32 Å². The molecule has 1 aliphatic rings. The number of likely N-dealkylation sites (tertiary alicyclic amines) is 1. The molecule has 4 rings (SSSR count). The van der Waals surface area contributed by atoms with Gasteiger partial charge in [0.05, 0.1) is 0 Å². The van der Waals surface area contributed by atoms with E-state index < -0.39 is 0 Å². The maximum atomic E-state index is 12.2. The minimum atomic E-state index is 0.0207. The minimum Gasteiger partial charge on any atom is -0.326 e. The van der Waals surface area contributed by atoms with Crippen LogP contribution in [0.5, 0.6) is 0 Å². The van der Waals surface area contributed by atoms with Crippen molar-refractivity contribution in [2.24, 2.45) is 0 Å². The largest absolute Gasteiger partial charge is 0.326 e. The Kier molecular flexibility index (Phi) is 5.36. The molecule has 6 nitrogen and oxygen atoms in total. The molecule has 0 radical (unpaired) electrons. The van der Waals surface area contributed by atoms with Crippen LogP contribution in [0.4, 0.5) is 5.69 Å². The molecule has 1 aromatic carbocycles. The number of benzene rings is 1. The van der Waals surface area contributed by atoms with E-state index in [1.807, 2.05) is 36.5 Å². The van der Waals surface area contributed by atoms with Gasteiger partial charge in [0.25, 0.3) is 0 Å². The molecule has 0 saturated carbocycles. The summed E-state index contributed by atoms with van der Waals surface area (Å²) in [6.07, 6.45) is 4.69. The predicted octanol–water partition coefficient (Wildman–Crippen LogP) is 3.59. The van der Waals surface area contributed by atoms with Crippen LogP contribution >= 0.6 is 11.6 Å². The molecule has 0 aliphatic carbocycles. The minimum absolute atomic E-state index is 0.0207. The lowest BCUT2D eigenvalue weighted by atomic mass is 9.97. The lowest BCUT2D eigenvalue weighted by Gasteiger charge is -2.31. The second kappa shape index (κ2) is 8.06. The Bertz CT molecular complexity index is 924. The summed E-state index contributed by atoms with van der Waals surface area (Å²) in [5.74, 6) is 1.38. The molecule has 0 spiro atoms. The first-order valence-electron chi connectivity index (χ1n) is 9.26. The van der Waals surface area contributed by atoms with Gasteiger partial charge in [-0.25, -0.2) is 0 Å². The van der Waals surface area contributed by atoms with E-state index in [1.54, 1.807) is 12.1 Å². The molecule has 1 atom stereocenters. The predicted molar refractivity (Wildman–Crippen MR) is 106 cm³/mol. The van der Waals surface area contributed by atoms with Crippen molar-refractivity contribution in [3.63, 3.8) is 0 Å². The molecule has 140 valence electrons. The third kappa shape index (κ3) is 4.28. The van der Waals surface area contributed by atoms with E-state index in [0.717, 1.165) is 49.6 Å². The Morgan fingerprint density at radius 3 is 2.89 bits per heavy atom. The fraction of sp³-hybridized carbons (Fsp3) is 0.350. The zero-order valence-corrected chi connectivity index (χ0v) is 15.8. The molecule has 3 aromatic rings. The van der Waals surface area contributed by atoms with Gasteiger partial charge in [-0.2, -0.15) is 0 Å². The number of piperidine rings is 1. The third-order valence-electron chi connectivity index (χ3n) is 4.99. The highest BCUT2D eigenvalue weighted by Gasteiger charge is 2.25. The van der Waals surface area contributed by atoms with Gasteiger partial charge in [0.1, 0.15) is 5.82 Å². The topological polar surface area (TPSA) is 62.5 Å². The number of halogens is 1. The highest BCUT2D eigenvalue weighted by molar-refractivity contribution is 6.30. The molecule has 2 aromatic heterocycles. The van der Waals surface area contributed by atoms with Gasteiger partial charge in [0, 0.05) is 42.3 Å². The van der Waals surface area contributed by atoms with Gasteiger partial charge < -0.3 is 10.2 Å². The highest BCUT2D eigenvalue weighted by Crippen LogP contribution is 2.26. The summed E-state index contributed by atoms with van der Waals surface area (Å²) >= 11 is 5.87. The van der Waals surface area contributed by atoms with Crippen LogP contribution in [0.1, 0.15) is 31.0 Å². The van der Waals surface area contributed by atoms with Crippen LogP contribution in [0, 0.1) is 0 Å². The smallest absolute Gasteiger partial charge is 0.225 e. The number of nitrogens with zero attached hydrogens (tertiary/aromatic N) is 4. The van der Waals surface area contributed by atoms with Crippen molar-refractivity contribution in [3.05, 3.63) is 59.5 Å². The number of fused-ring (bicyclic) bond motifs is 1. The van der Waals surface area contributed by atoms with Gasteiger partial charge in [-0.3, -0.25) is 9.20 Å². The summed E-state index contributed by atoms with van der Waals surface area (Å²) in [5, 5.41) is 12.3. The van der Waals surface area contributed by atoms with Crippen molar-refractivity contribution < 1.29 is 4.79 Å². The maximum absolute atomic E-state index is 12.2. The van der Waals surface area contributed by atoms with Crippen LogP contribution in [0.2, 0.25) is 5.02 Å². The zero-order valence-electron chi connectivity index (χ0n) is 15.0. The highest BCUT2D eigenvalue weighted by atomic mass is 35.5. The zero-order chi connectivity index (χ0) is 18.6. The molecule has 1 fully saturated rings. The summed E-state index contributed by atoms with van der Waals surface area (Å²) in [6.45, 7) is 2.66. The number of anilines is 1. The van der Waals surface area contributed by atoms with Crippen molar-refractivity contribution in [2.45, 2.75) is 25.2 Å². The lowest BCUT2D eigenvalue weighted by molar-refractivity contribution is -0.116. The normalized spacial score (nSPS) is 17.9. The maximum Gasteiger partial charge on any atom is 0.225 e. The molecule has 3 heterocycles. The fourth-order valence-corrected chi connectivity index (χ4v) is 3.75. The Balaban J connectivity index is 1.33. The molecule has 1 aliphatic heterocycles. The van der Waals surface area contributed by atoms with Crippen LogP contribution in [-0.2, 0) is 4.79 Å². The molecule has 0 bridgehead atoms. The van der Waals surface area contributed by atoms with Crippen molar-refractivity contribution in [1.82, 2.24) is 19.5 Å². The quantitative estimate of drug-likeness (QED) is 0.731. The Labute approximate surface area is 163 Å². The van der Waals surface area contributed by atoms with Gasteiger partial charge in [0.15, 0.2) is 5.65 Å². The fourth-order valence-electron chi connectivity index (χ4n) is 3.62. The number of carbonyl (C=O) groups excluding carboxylic acids is 1. The standard InChI is InChI=1S/C20H22ClN5O/c21-16-6-8-17(9-7-16)22-19(27)10-13-25-11-3-4-15(14-25)20-24-23-18-5-1-2-12-26(18)20/h1-2,5-9,12,15H,3-4,10-11,13-14H2,(H,22,27)/t15-/m1/s1. The lowest BCUT2D eigenvalue weighted by Crippen LogP contribution is -2.37. The van der Waals surface area contributed by atoms with E-state index in [-0.39, 0.29) is 5.91 Å². The molecular weight excluding hydrogens is 362 g/mol. The van der Waals surface area contributed by atoms with Gasteiger partial charge >= 0.3 is 0 Å². The van der Waals surface area contributed by atoms with E-state index in [4.69, 9.17) is 11.6 Å². The Morgan fingerprint density at radius 2 is 2.04 bits per heavy atom. The molecular formula is C20H22ClN5O. The van der Waals surface area contributed by atoms with Crippen molar-refractivity contribution >= 4 is 28.8 Å². The molecule has 0 unspecified atom stereocenters. The average Bonchev–Trinajstić information content (AvgIpc) is 3.13. The number of carbonyl (C=O) groups is 1. The number of hydrogen-bond donors (Lipinski definition) is 1. The molecule has 27 heavy (non-hydrogen) atoms. The number of nitrogens with one attached hydrogen (secondary N) is 1. The molecule has 1 saturated heterocycles. The summed E-state index contributed by atoms with van der Waals surface area (Å²) in [6, 6.07) is 13.1. The van der Waals surface area contributed by atoms with Crippen molar-refractivity contribution in [2.75, 3.05) is 25.0 Å². The monoisotopic (exact) mass is 383 g/mol. The van der Waals surface area contributed by atoms with Gasteiger partial charge in [0.2, 0.25) is 5.91 Å². The number of amides is 1. The summed E-state index contributed by atoms with van der Waals surface area (Å²) in [5.41, 5.74) is 1.66. The number of pyridine rings is 1. The van der Waals surface area contributed by atoms with Gasteiger partial charge in [-0.1, -0.05) is 17.7 Å². The second-order valence-corrected chi connectivity index (χ2v) is 7.37. The average molecular weight is 384 g/mol. The van der Waals surface area contributed by atoms with Crippen molar-refractivity contribution in [1.29, 1.82) is 0 Å². The summed E-state index contributed by atoms with van der Waals surface area (Å²) in [7, 11) is 0. The third-order valence-corrected chi connectivity index (χ3v) is 5.25. The summed E-state index contributed by atoms with van der Waals surface area (Å²) < 4.78 is 2.07. The van der Waals surface area contributed by atoms with E-state index in [9.17, 15) is 4.79 Å². The first kappa shape index (κ1) is 17.9. The second-order valence-electron chi connectivity index (χ2n) is 6.93. The van der Waals surface area contributed by atoms with E-state index in [1.165, 1.54) is 0 Å². The molecule has 1 amide bonds. The van der Waals surface area contributed by atoms with Crippen LogP contribution in [0.3, 0.4) is 0 Å². The number of aromatic nitrogens is 3. The SMILES string of the molecule is O=C(CCN1CCC[C@@H](c2nnc3ccccn23)C1)Nc1ccc(Cl)cc1. The summed E-state index contributed by atoms with van der Waals surface area (Å²) in [4.78, 5) is 14.6. The van der Waals surface area contributed by atoms with Gasteiger partial charge in [-0.15, -0.1) is 10.2 Å². The van der Waals surface area contributed by atoms with E-state index in [2.05, 4.69) is 24.8 Å². The van der Waals surface area contributed by atoms with Crippen molar-refractivity contribution in [3.8, 4) is 0 Å². The van der Waals surface area contributed by atoms with Crippen LogP contribution in [0.15, 0.2) is 48.7 Å². The Hall–Kier alpha value is -2.44. The number of hydrogen-bond acceptors (Lipinski definition) is 4. The van der Waals surface area contributed by atoms with Gasteiger partial charge in [-0.05, 0) is 55.8 Å². The molecule has 1 N–H and O–H groups in total. The number of rotatable bonds is 5. The van der Waals surface area contributed by atoms with E-state index >= 15 is 0 Å².